The van der Waals surface area contributed by atoms with Crippen molar-refractivity contribution < 1.29 is 17.9 Å². The Balaban J connectivity index is 2.10. The average Bonchev–Trinajstić information content (AvgIpc) is 2.34. The van der Waals surface area contributed by atoms with Gasteiger partial charge in [0.25, 0.3) is 0 Å². The number of nitrogens with zero attached hydrogens (tertiary/aromatic N) is 1. The zero-order valence-electron chi connectivity index (χ0n) is 12.3. The SMILES string of the molecule is CC1(C)CN(Cc2ccccc2OC(F)(F)F)CCC1N. The Kier molecular flexibility index (Phi) is 4.49. The Hall–Kier alpha value is -1.27. The van der Waals surface area contributed by atoms with E-state index >= 15 is 0 Å². The van der Waals surface area contributed by atoms with Crippen molar-refractivity contribution >= 4 is 0 Å². The highest BCUT2D eigenvalue weighted by atomic mass is 19.4. The van der Waals surface area contributed by atoms with Crippen molar-refractivity contribution in [2.75, 3.05) is 13.1 Å². The highest BCUT2D eigenvalue weighted by Gasteiger charge is 2.35. The van der Waals surface area contributed by atoms with Gasteiger partial charge in [-0.2, -0.15) is 0 Å². The molecule has 118 valence electrons. The summed E-state index contributed by atoms with van der Waals surface area (Å²) in [5, 5.41) is 0. The Labute approximate surface area is 122 Å². The number of rotatable bonds is 3. The molecule has 1 aliphatic heterocycles. The fourth-order valence-corrected chi connectivity index (χ4v) is 2.72. The van der Waals surface area contributed by atoms with Crippen LogP contribution in [0.3, 0.4) is 0 Å². The van der Waals surface area contributed by atoms with E-state index in [1.165, 1.54) is 6.07 Å². The number of benzene rings is 1. The highest BCUT2D eigenvalue weighted by molar-refractivity contribution is 5.33. The van der Waals surface area contributed by atoms with Gasteiger partial charge in [-0.05, 0) is 17.9 Å². The number of alkyl halides is 3. The lowest BCUT2D eigenvalue weighted by Crippen LogP contribution is -2.52. The Morgan fingerprint density at radius 1 is 1.33 bits per heavy atom. The summed E-state index contributed by atoms with van der Waals surface area (Å²) in [5.74, 6) is -0.127. The summed E-state index contributed by atoms with van der Waals surface area (Å²) in [5.41, 5.74) is 6.58. The first-order valence-corrected chi connectivity index (χ1v) is 6.99. The van der Waals surface area contributed by atoms with Crippen LogP contribution in [0.25, 0.3) is 0 Å². The van der Waals surface area contributed by atoms with Crippen molar-refractivity contribution in [1.29, 1.82) is 0 Å². The van der Waals surface area contributed by atoms with E-state index in [1.807, 2.05) is 0 Å². The van der Waals surface area contributed by atoms with Gasteiger partial charge in [-0.25, -0.2) is 0 Å². The van der Waals surface area contributed by atoms with Crippen LogP contribution in [0.5, 0.6) is 5.75 Å². The summed E-state index contributed by atoms with van der Waals surface area (Å²) in [7, 11) is 0. The topological polar surface area (TPSA) is 38.5 Å². The molecule has 2 rings (SSSR count). The maximum absolute atomic E-state index is 12.4. The molecule has 21 heavy (non-hydrogen) atoms. The van der Waals surface area contributed by atoms with Crippen LogP contribution in [-0.4, -0.2) is 30.4 Å². The summed E-state index contributed by atoms with van der Waals surface area (Å²) in [6.07, 6.45) is -3.82. The van der Waals surface area contributed by atoms with Crippen molar-refractivity contribution in [2.45, 2.75) is 39.2 Å². The molecule has 6 heteroatoms. The molecule has 1 unspecified atom stereocenters. The molecular weight excluding hydrogens is 281 g/mol. The van der Waals surface area contributed by atoms with Crippen LogP contribution >= 0.6 is 0 Å². The number of hydrogen-bond acceptors (Lipinski definition) is 3. The summed E-state index contributed by atoms with van der Waals surface area (Å²) in [6.45, 7) is 6.14. The zero-order valence-corrected chi connectivity index (χ0v) is 12.3. The third kappa shape index (κ3) is 4.35. The van der Waals surface area contributed by atoms with Gasteiger partial charge in [-0.1, -0.05) is 32.0 Å². The second-order valence-corrected chi connectivity index (χ2v) is 6.25. The summed E-state index contributed by atoms with van der Waals surface area (Å²) in [6, 6.07) is 6.40. The molecule has 2 N–H and O–H groups in total. The lowest BCUT2D eigenvalue weighted by molar-refractivity contribution is -0.275. The smallest absolute Gasteiger partial charge is 0.405 e. The van der Waals surface area contributed by atoms with E-state index in [0.717, 1.165) is 19.5 Å². The van der Waals surface area contributed by atoms with Crippen LogP contribution in [0, 0.1) is 5.41 Å². The third-order valence-electron chi connectivity index (χ3n) is 3.98. The normalized spacial score (nSPS) is 23.0. The molecule has 1 aliphatic rings. The van der Waals surface area contributed by atoms with Crippen molar-refractivity contribution in [2.24, 2.45) is 11.1 Å². The predicted molar refractivity (Wildman–Crippen MR) is 74.8 cm³/mol. The number of hydrogen-bond donors (Lipinski definition) is 1. The number of para-hydroxylation sites is 1. The Bertz CT molecular complexity index is 488. The lowest BCUT2D eigenvalue weighted by Gasteiger charge is -2.42. The minimum Gasteiger partial charge on any atom is -0.405 e. The van der Waals surface area contributed by atoms with Crippen LogP contribution in [0.15, 0.2) is 24.3 Å². The first-order chi connectivity index (χ1) is 9.67. The first kappa shape index (κ1) is 16.1. The van der Waals surface area contributed by atoms with Gasteiger partial charge in [0.15, 0.2) is 0 Å². The summed E-state index contributed by atoms with van der Waals surface area (Å²) < 4.78 is 41.4. The fourth-order valence-electron chi connectivity index (χ4n) is 2.72. The molecule has 1 aromatic carbocycles. The monoisotopic (exact) mass is 302 g/mol. The van der Waals surface area contributed by atoms with Gasteiger partial charge in [0.1, 0.15) is 5.75 Å². The van der Waals surface area contributed by atoms with Crippen molar-refractivity contribution in [3.8, 4) is 5.75 Å². The highest BCUT2D eigenvalue weighted by Crippen LogP contribution is 2.31. The molecule has 0 spiro atoms. The predicted octanol–water partition coefficient (Wildman–Crippen LogP) is 3.14. The third-order valence-corrected chi connectivity index (χ3v) is 3.98. The number of likely N-dealkylation sites (tertiary alicyclic amines) is 1. The Morgan fingerprint density at radius 2 is 2.00 bits per heavy atom. The molecule has 1 heterocycles. The van der Waals surface area contributed by atoms with Crippen LogP contribution in [-0.2, 0) is 6.54 Å². The number of halogens is 3. The van der Waals surface area contributed by atoms with E-state index in [-0.39, 0.29) is 17.2 Å². The minimum atomic E-state index is -4.67. The maximum atomic E-state index is 12.4. The Morgan fingerprint density at radius 3 is 2.62 bits per heavy atom. The molecule has 0 aromatic heterocycles. The number of piperidine rings is 1. The average molecular weight is 302 g/mol. The molecule has 0 saturated carbocycles. The minimum absolute atomic E-state index is 0.0436. The molecule has 0 bridgehead atoms. The second kappa shape index (κ2) is 5.85. The molecule has 1 fully saturated rings. The van der Waals surface area contributed by atoms with E-state index < -0.39 is 6.36 Å². The van der Waals surface area contributed by atoms with Gasteiger partial charge < -0.3 is 10.5 Å². The van der Waals surface area contributed by atoms with Crippen LogP contribution < -0.4 is 10.5 Å². The largest absolute Gasteiger partial charge is 0.573 e. The molecule has 0 amide bonds. The molecular formula is C15H21F3N2O. The number of nitrogens with two attached hydrogens (primary N) is 1. The van der Waals surface area contributed by atoms with E-state index in [1.54, 1.807) is 18.2 Å². The van der Waals surface area contributed by atoms with Gasteiger partial charge >= 0.3 is 6.36 Å². The van der Waals surface area contributed by atoms with Crippen molar-refractivity contribution in [3.05, 3.63) is 29.8 Å². The molecule has 1 saturated heterocycles. The van der Waals surface area contributed by atoms with E-state index in [9.17, 15) is 13.2 Å². The molecule has 0 aliphatic carbocycles. The lowest BCUT2D eigenvalue weighted by atomic mass is 9.79. The second-order valence-electron chi connectivity index (χ2n) is 6.25. The summed E-state index contributed by atoms with van der Waals surface area (Å²) in [4.78, 5) is 2.13. The fraction of sp³-hybridized carbons (Fsp3) is 0.600. The molecule has 0 radical (unpaired) electrons. The van der Waals surface area contributed by atoms with E-state index in [0.29, 0.717) is 12.1 Å². The van der Waals surface area contributed by atoms with Crippen LogP contribution in [0.2, 0.25) is 0 Å². The van der Waals surface area contributed by atoms with Gasteiger partial charge in [0.2, 0.25) is 0 Å². The van der Waals surface area contributed by atoms with E-state index in [4.69, 9.17) is 5.73 Å². The standard InChI is InChI=1S/C15H21F3N2O/c1-14(2)10-20(8-7-13(14)19)9-11-5-3-4-6-12(11)21-15(16,17)18/h3-6,13H,7-10,19H2,1-2H3. The van der Waals surface area contributed by atoms with E-state index in [2.05, 4.69) is 23.5 Å². The van der Waals surface area contributed by atoms with Gasteiger partial charge in [-0.15, -0.1) is 13.2 Å². The van der Waals surface area contributed by atoms with Crippen LogP contribution in [0.4, 0.5) is 13.2 Å². The quantitative estimate of drug-likeness (QED) is 0.932. The van der Waals surface area contributed by atoms with Crippen molar-refractivity contribution in [1.82, 2.24) is 4.90 Å². The molecule has 1 aromatic rings. The van der Waals surface area contributed by atoms with Crippen molar-refractivity contribution in [3.63, 3.8) is 0 Å². The molecule has 1 atom stereocenters. The maximum Gasteiger partial charge on any atom is 0.573 e. The summed E-state index contributed by atoms with van der Waals surface area (Å²) >= 11 is 0. The number of ether oxygens (including phenoxy) is 1. The zero-order chi connectivity index (χ0) is 15.7. The first-order valence-electron chi connectivity index (χ1n) is 6.99. The van der Waals surface area contributed by atoms with Gasteiger partial charge in [0.05, 0.1) is 0 Å². The van der Waals surface area contributed by atoms with Crippen LogP contribution in [0.1, 0.15) is 25.8 Å². The van der Waals surface area contributed by atoms with Gasteiger partial charge in [-0.3, -0.25) is 4.90 Å². The van der Waals surface area contributed by atoms with Gasteiger partial charge in [0, 0.05) is 31.2 Å². The molecule has 3 nitrogen and oxygen atoms in total.